The second-order valence-corrected chi connectivity index (χ2v) is 7.21. The summed E-state index contributed by atoms with van der Waals surface area (Å²) in [5.41, 5.74) is -0.783. The molecule has 3 aromatic heterocycles. The van der Waals surface area contributed by atoms with E-state index in [0.29, 0.717) is 4.88 Å². The summed E-state index contributed by atoms with van der Waals surface area (Å²) in [5, 5.41) is 3.94. The molecule has 0 saturated heterocycles. The van der Waals surface area contributed by atoms with Gasteiger partial charge in [0.2, 0.25) is 0 Å². The largest absolute Gasteiger partial charge is 0.302 e. The molecule has 0 aliphatic rings. The molecule has 3 heterocycles. The minimum atomic E-state index is -0.783. The van der Waals surface area contributed by atoms with Crippen molar-refractivity contribution in [3.05, 3.63) is 66.7 Å². The summed E-state index contributed by atoms with van der Waals surface area (Å²) in [6.45, 7) is 0. The number of hydrogen-bond donors (Lipinski definition) is 0. The molecule has 0 spiro atoms. The van der Waals surface area contributed by atoms with Crippen molar-refractivity contribution in [2.75, 3.05) is 0 Å². The molecule has 0 amide bonds. The van der Waals surface area contributed by atoms with Gasteiger partial charge in [0.1, 0.15) is 11.7 Å². The first-order valence-electron chi connectivity index (χ1n) is 5.91. The standard InChI is InChI=1S/C15H10O2S3/c16-9-11-5-6-14(20-11)15(10-17,12-3-1-7-18-12)13-4-2-8-19-13/h1-10H. The third-order valence-electron chi connectivity index (χ3n) is 3.13. The fourth-order valence-corrected chi connectivity index (χ4v) is 5.20. The van der Waals surface area contributed by atoms with Crippen LogP contribution in [-0.4, -0.2) is 12.6 Å². The molecule has 2 nitrogen and oxygen atoms in total. The van der Waals surface area contributed by atoms with Gasteiger partial charge in [0, 0.05) is 14.6 Å². The monoisotopic (exact) mass is 318 g/mol. The summed E-state index contributed by atoms with van der Waals surface area (Å²) in [7, 11) is 0. The zero-order chi connectivity index (χ0) is 14.0. The number of aldehydes is 2. The summed E-state index contributed by atoms with van der Waals surface area (Å²) >= 11 is 4.49. The zero-order valence-corrected chi connectivity index (χ0v) is 12.8. The molecule has 0 atom stereocenters. The van der Waals surface area contributed by atoms with Crippen LogP contribution in [0.2, 0.25) is 0 Å². The quantitative estimate of drug-likeness (QED) is 0.660. The molecule has 100 valence electrons. The molecule has 0 bridgehead atoms. The van der Waals surface area contributed by atoms with Gasteiger partial charge in [-0.1, -0.05) is 12.1 Å². The Labute approximate surface area is 128 Å². The molecule has 3 aromatic rings. The Hall–Kier alpha value is -1.56. The Morgan fingerprint density at radius 3 is 1.90 bits per heavy atom. The van der Waals surface area contributed by atoms with Crippen molar-refractivity contribution in [2.45, 2.75) is 5.41 Å². The molecule has 3 rings (SSSR count). The molecule has 0 radical (unpaired) electrons. The van der Waals surface area contributed by atoms with E-state index in [-0.39, 0.29) is 0 Å². The van der Waals surface area contributed by atoms with Crippen molar-refractivity contribution in [1.82, 2.24) is 0 Å². The van der Waals surface area contributed by atoms with Gasteiger partial charge in [0.25, 0.3) is 0 Å². The number of rotatable bonds is 5. The molecule has 0 saturated carbocycles. The fraction of sp³-hybridized carbons (Fsp3) is 0.0667. The molecule has 0 aromatic carbocycles. The summed E-state index contributed by atoms with van der Waals surface area (Å²) in [5.74, 6) is 0. The van der Waals surface area contributed by atoms with Gasteiger partial charge in [-0.15, -0.1) is 34.0 Å². The van der Waals surface area contributed by atoms with Crippen LogP contribution in [0.25, 0.3) is 0 Å². The Morgan fingerprint density at radius 1 is 0.850 bits per heavy atom. The van der Waals surface area contributed by atoms with Crippen molar-refractivity contribution < 1.29 is 9.59 Å². The van der Waals surface area contributed by atoms with Crippen molar-refractivity contribution in [1.29, 1.82) is 0 Å². The van der Waals surface area contributed by atoms with E-state index in [1.807, 2.05) is 41.1 Å². The molecule has 0 N–H and O–H groups in total. The van der Waals surface area contributed by atoms with Gasteiger partial charge < -0.3 is 4.79 Å². The van der Waals surface area contributed by atoms with Gasteiger partial charge in [0.05, 0.1) is 4.88 Å². The second kappa shape index (κ2) is 5.44. The highest BCUT2D eigenvalue weighted by Gasteiger charge is 2.39. The highest BCUT2D eigenvalue weighted by molar-refractivity contribution is 7.15. The first-order chi connectivity index (χ1) is 9.81. The Kier molecular flexibility index (Phi) is 3.65. The lowest BCUT2D eigenvalue weighted by atomic mass is 9.84. The van der Waals surface area contributed by atoms with Gasteiger partial charge >= 0.3 is 0 Å². The minimum absolute atomic E-state index is 0.638. The Morgan fingerprint density at radius 2 is 1.50 bits per heavy atom. The maximum absolute atomic E-state index is 12.1. The summed E-state index contributed by atoms with van der Waals surface area (Å²) < 4.78 is 0. The van der Waals surface area contributed by atoms with Crippen LogP contribution in [0.1, 0.15) is 24.3 Å². The molecule has 0 unspecified atom stereocenters. The van der Waals surface area contributed by atoms with Crippen molar-refractivity contribution in [2.24, 2.45) is 0 Å². The molecular formula is C15H10O2S3. The number of carbonyl (C=O) groups is 2. The SMILES string of the molecule is O=Cc1ccc(C(C=O)(c2cccs2)c2cccs2)s1. The first-order valence-corrected chi connectivity index (χ1v) is 8.48. The average Bonchev–Trinajstić information content (AvgIpc) is 3.24. The lowest BCUT2D eigenvalue weighted by Crippen LogP contribution is -2.27. The maximum Gasteiger partial charge on any atom is 0.160 e. The number of thiophene rings is 3. The molecule has 0 aliphatic carbocycles. The van der Waals surface area contributed by atoms with Crippen molar-refractivity contribution in [3.8, 4) is 0 Å². The van der Waals surface area contributed by atoms with E-state index in [0.717, 1.165) is 27.2 Å². The third kappa shape index (κ3) is 1.98. The van der Waals surface area contributed by atoms with E-state index >= 15 is 0 Å². The van der Waals surface area contributed by atoms with Gasteiger partial charge in [-0.3, -0.25) is 4.79 Å². The first kappa shape index (κ1) is 13.4. The highest BCUT2D eigenvalue weighted by atomic mass is 32.1. The topological polar surface area (TPSA) is 34.1 Å². The van der Waals surface area contributed by atoms with Crippen molar-refractivity contribution in [3.63, 3.8) is 0 Å². The summed E-state index contributed by atoms with van der Waals surface area (Å²) in [6, 6.07) is 11.5. The highest BCUT2D eigenvalue weighted by Crippen LogP contribution is 2.44. The zero-order valence-electron chi connectivity index (χ0n) is 10.3. The van der Waals surface area contributed by atoms with Gasteiger partial charge in [0.15, 0.2) is 6.29 Å². The summed E-state index contributed by atoms with van der Waals surface area (Å²) in [4.78, 5) is 26.5. The van der Waals surface area contributed by atoms with Gasteiger partial charge in [-0.2, -0.15) is 0 Å². The van der Waals surface area contributed by atoms with E-state index in [1.54, 1.807) is 28.7 Å². The van der Waals surface area contributed by atoms with Crippen LogP contribution in [-0.2, 0) is 10.2 Å². The van der Waals surface area contributed by atoms with Crippen LogP contribution in [0.5, 0.6) is 0 Å². The van der Waals surface area contributed by atoms with E-state index < -0.39 is 5.41 Å². The van der Waals surface area contributed by atoms with Crippen LogP contribution in [0, 0.1) is 0 Å². The van der Waals surface area contributed by atoms with Crippen molar-refractivity contribution >= 4 is 46.6 Å². The predicted octanol–water partition coefficient (Wildman–Crippen LogP) is 4.22. The number of carbonyl (C=O) groups excluding carboxylic acids is 2. The van der Waals surface area contributed by atoms with Crippen LogP contribution < -0.4 is 0 Å². The van der Waals surface area contributed by atoms with Crippen LogP contribution in [0.15, 0.2) is 47.2 Å². The molecule has 5 heteroatoms. The van der Waals surface area contributed by atoms with E-state index in [1.165, 1.54) is 11.3 Å². The Balaban J connectivity index is 2.27. The normalized spacial score (nSPS) is 11.4. The second-order valence-electron chi connectivity index (χ2n) is 4.20. The van der Waals surface area contributed by atoms with E-state index in [2.05, 4.69) is 0 Å². The smallest absolute Gasteiger partial charge is 0.160 e. The van der Waals surface area contributed by atoms with Crippen LogP contribution >= 0.6 is 34.0 Å². The lowest BCUT2D eigenvalue weighted by Gasteiger charge is -2.24. The van der Waals surface area contributed by atoms with E-state index in [4.69, 9.17) is 0 Å². The number of hydrogen-bond acceptors (Lipinski definition) is 5. The molecule has 0 aliphatic heterocycles. The minimum Gasteiger partial charge on any atom is -0.302 e. The molecular weight excluding hydrogens is 308 g/mol. The van der Waals surface area contributed by atoms with E-state index in [9.17, 15) is 9.59 Å². The van der Waals surface area contributed by atoms with Crippen LogP contribution in [0.3, 0.4) is 0 Å². The Bertz CT molecular complexity index is 674. The molecule has 0 fully saturated rings. The summed E-state index contributed by atoms with van der Waals surface area (Å²) in [6.07, 6.45) is 1.82. The average molecular weight is 318 g/mol. The lowest BCUT2D eigenvalue weighted by molar-refractivity contribution is -0.110. The third-order valence-corrected chi connectivity index (χ3v) is 6.28. The van der Waals surface area contributed by atoms with Crippen LogP contribution in [0.4, 0.5) is 0 Å². The maximum atomic E-state index is 12.1. The fourth-order valence-electron chi connectivity index (χ4n) is 2.17. The van der Waals surface area contributed by atoms with Gasteiger partial charge in [-0.25, -0.2) is 0 Å². The predicted molar refractivity (Wildman–Crippen MR) is 84.3 cm³/mol. The molecule has 20 heavy (non-hydrogen) atoms. The van der Waals surface area contributed by atoms with Gasteiger partial charge in [-0.05, 0) is 35.0 Å².